The zero-order chi connectivity index (χ0) is 10.6. The summed E-state index contributed by atoms with van der Waals surface area (Å²) in [6, 6.07) is 4.14. The van der Waals surface area contributed by atoms with E-state index in [-0.39, 0.29) is 5.92 Å². The number of hydrogen-bond acceptors (Lipinski definition) is 3. The van der Waals surface area contributed by atoms with Gasteiger partial charge in [0.25, 0.3) is 0 Å². The lowest BCUT2D eigenvalue weighted by Crippen LogP contribution is -2.43. The SMILES string of the molecule is CC(C)C(O)(CN)CCc1cccs1. The van der Waals surface area contributed by atoms with Gasteiger partial charge in [-0.2, -0.15) is 0 Å². The summed E-state index contributed by atoms with van der Waals surface area (Å²) in [6.45, 7) is 4.37. The highest BCUT2D eigenvalue weighted by atomic mass is 32.1. The molecule has 1 atom stereocenters. The van der Waals surface area contributed by atoms with Crippen LogP contribution >= 0.6 is 11.3 Å². The third-order valence-electron chi connectivity index (χ3n) is 2.81. The Kier molecular flexibility index (Phi) is 4.11. The van der Waals surface area contributed by atoms with Gasteiger partial charge in [-0.05, 0) is 30.2 Å². The number of hydrogen-bond donors (Lipinski definition) is 2. The van der Waals surface area contributed by atoms with E-state index in [1.807, 2.05) is 19.9 Å². The Hall–Kier alpha value is -0.380. The van der Waals surface area contributed by atoms with E-state index in [2.05, 4.69) is 11.4 Å². The summed E-state index contributed by atoms with van der Waals surface area (Å²) in [5, 5.41) is 12.2. The van der Waals surface area contributed by atoms with Gasteiger partial charge in [0.15, 0.2) is 0 Å². The van der Waals surface area contributed by atoms with E-state index in [0.717, 1.165) is 12.8 Å². The molecule has 1 aromatic rings. The van der Waals surface area contributed by atoms with E-state index in [9.17, 15) is 5.11 Å². The molecule has 3 heteroatoms. The minimum atomic E-state index is -0.704. The number of aliphatic hydroxyl groups is 1. The van der Waals surface area contributed by atoms with E-state index >= 15 is 0 Å². The summed E-state index contributed by atoms with van der Waals surface area (Å²) in [7, 11) is 0. The molecular weight excluding hydrogens is 194 g/mol. The Morgan fingerprint density at radius 2 is 2.29 bits per heavy atom. The number of rotatable bonds is 5. The third-order valence-corrected chi connectivity index (χ3v) is 3.75. The highest BCUT2D eigenvalue weighted by Crippen LogP contribution is 2.23. The fourth-order valence-corrected chi connectivity index (χ4v) is 2.13. The molecule has 0 aliphatic rings. The van der Waals surface area contributed by atoms with Crippen molar-refractivity contribution in [3.63, 3.8) is 0 Å². The van der Waals surface area contributed by atoms with Crippen LogP contribution < -0.4 is 5.73 Å². The second kappa shape index (κ2) is 4.91. The standard InChI is InChI=1S/C11H19NOS/c1-9(2)11(13,8-12)6-5-10-4-3-7-14-10/h3-4,7,9,13H,5-6,8,12H2,1-2H3. The molecule has 14 heavy (non-hydrogen) atoms. The number of aryl methyl sites for hydroxylation is 1. The predicted molar refractivity (Wildman–Crippen MR) is 61.5 cm³/mol. The maximum Gasteiger partial charge on any atom is 0.0795 e. The first kappa shape index (κ1) is 11.7. The summed E-state index contributed by atoms with van der Waals surface area (Å²) >= 11 is 1.73. The van der Waals surface area contributed by atoms with Crippen LogP contribution in [0.15, 0.2) is 17.5 Å². The van der Waals surface area contributed by atoms with Crippen molar-refractivity contribution in [2.24, 2.45) is 11.7 Å². The Bertz CT molecular complexity index is 258. The molecule has 0 saturated carbocycles. The van der Waals surface area contributed by atoms with E-state index in [1.54, 1.807) is 11.3 Å². The van der Waals surface area contributed by atoms with Crippen LogP contribution in [0.5, 0.6) is 0 Å². The normalized spacial score (nSPS) is 15.8. The first-order valence-electron chi connectivity index (χ1n) is 5.03. The fourth-order valence-electron chi connectivity index (χ4n) is 1.42. The smallest absolute Gasteiger partial charge is 0.0795 e. The summed E-state index contributed by atoms with van der Waals surface area (Å²) in [4.78, 5) is 1.32. The monoisotopic (exact) mass is 213 g/mol. The van der Waals surface area contributed by atoms with Crippen molar-refractivity contribution in [3.05, 3.63) is 22.4 Å². The first-order chi connectivity index (χ1) is 6.58. The van der Waals surface area contributed by atoms with Crippen molar-refractivity contribution in [2.45, 2.75) is 32.3 Å². The molecule has 1 heterocycles. The van der Waals surface area contributed by atoms with Crippen LogP contribution in [-0.2, 0) is 6.42 Å². The van der Waals surface area contributed by atoms with Gasteiger partial charge in [-0.15, -0.1) is 11.3 Å². The molecule has 2 nitrogen and oxygen atoms in total. The first-order valence-corrected chi connectivity index (χ1v) is 5.91. The molecule has 0 fully saturated rings. The minimum Gasteiger partial charge on any atom is -0.388 e. The summed E-state index contributed by atoms with van der Waals surface area (Å²) in [5.74, 6) is 0.215. The molecule has 0 amide bonds. The topological polar surface area (TPSA) is 46.2 Å². The number of thiophene rings is 1. The van der Waals surface area contributed by atoms with E-state index in [4.69, 9.17) is 5.73 Å². The van der Waals surface area contributed by atoms with Gasteiger partial charge in [0.2, 0.25) is 0 Å². The molecule has 0 aliphatic carbocycles. The second-order valence-electron chi connectivity index (χ2n) is 4.04. The van der Waals surface area contributed by atoms with Crippen LogP contribution in [0.4, 0.5) is 0 Å². The fraction of sp³-hybridized carbons (Fsp3) is 0.636. The zero-order valence-electron chi connectivity index (χ0n) is 8.86. The predicted octanol–water partition coefficient (Wildman–Crippen LogP) is 2.03. The molecular formula is C11H19NOS. The molecule has 0 aliphatic heterocycles. The number of nitrogens with two attached hydrogens (primary N) is 1. The lowest BCUT2D eigenvalue weighted by atomic mass is 9.86. The van der Waals surface area contributed by atoms with Gasteiger partial charge in [0.05, 0.1) is 5.60 Å². The second-order valence-corrected chi connectivity index (χ2v) is 5.07. The van der Waals surface area contributed by atoms with Crippen LogP contribution in [0, 0.1) is 5.92 Å². The van der Waals surface area contributed by atoms with Crippen LogP contribution in [-0.4, -0.2) is 17.3 Å². The average molecular weight is 213 g/mol. The van der Waals surface area contributed by atoms with Gasteiger partial charge < -0.3 is 10.8 Å². The lowest BCUT2D eigenvalue weighted by Gasteiger charge is -2.30. The van der Waals surface area contributed by atoms with E-state index in [1.165, 1.54) is 4.88 Å². The summed E-state index contributed by atoms with van der Waals surface area (Å²) in [5.41, 5.74) is 4.90. The summed E-state index contributed by atoms with van der Waals surface area (Å²) < 4.78 is 0. The highest BCUT2D eigenvalue weighted by Gasteiger charge is 2.28. The molecule has 0 spiro atoms. The quantitative estimate of drug-likeness (QED) is 0.786. The molecule has 0 bridgehead atoms. The van der Waals surface area contributed by atoms with Crippen molar-refractivity contribution in [1.29, 1.82) is 0 Å². The maximum atomic E-state index is 10.2. The van der Waals surface area contributed by atoms with Crippen LogP contribution in [0.2, 0.25) is 0 Å². The van der Waals surface area contributed by atoms with Crippen molar-refractivity contribution in [3.8, 4) is 0 Å². The molecule has 0 saturated heterocycles. The van der Waals surface area contributed by atoms with E-state index in [0.29, 0.717) is 6.54 Å². The van der Waals surface area contributed by atoms with Crippen molar-refractivity contribution in [1.82, 2.24) is 0 Å². The molecule has 1 rings (SSSR count). The van der Waals surface area contributed by atoms with Gasteiger partial charge in [0.1, 0.15) is 0 Å². The summed E-state index contributed by atoms with van der Waals surface area (Å²) in [6.07, 6.45) is 1.67. The van der Waals surface area contributed by atoms with Crippen LogP contribution in [0.25, 0.3) is 0 Å². The maximum absolute atomic E-state index is 10.2. The molecule has 0 aromatic carbocycles. The third kappa shape index (κ3) is 2.80. The van der Waals surface area contributed by atoms with Crippen molar-refractivity contribution < 1.29 is 5.11 Å². The minimum absolute atomic E-state index is 0.215. The molecule has 1 aromatic heterocycles. The molecule has 80 valence electrons. The molecule has 3 N–H and O–H groups in total. The van der Waals surface area contributed by atoms with Gasteiger partial charge in [-0.3, -0.25) is 0 Å². The van der Waals surface area contributed by atoms with Crippen molar-refractivity contribution in [2.75, 3.05) is 6.54 Å². The highest BCUT2D eigenvalue weighted by molar-refractivity contribution is 7.09. The Labute approximate surface area is 89.8 Å². The largest absolute Gasteiger partial charge is 0.388 e. The van der Waals surface area contributed by atoms with Crippen molar-refractivity contribution >= 4 is 11.3 Å². The van der Waals surface area contributed by atoms with E-state index < -0.39 is 5.60 Å². The Morgan fingerprint density at radius 3 is 2.71 bits per heavy atom. The lowest BCUT2D eigenvalue weighted by molar-refractivity contribution is -0.00381. The van der Waals surface area contributed by atoms with Gasteiger partial charge >= 0.3 is 0 Å². The molecule has 1 unspecified atom stereocenters. The van der Waals surface area contributed by atoms with Gasteiger partial charge in [0, 0.05) is 11.4 Å². The average Bonchev–Trinajstić information content (AvgIpc) is 2.66. The van der Waals surface area contributed by atoms with Gasteiger partial charge in [-0.1, -0.05) is 19.9 Å². The van der Waals surface area contributed by atoms with Gasteiger partial charge in [-0.25, -0.2) is 0 Å². The zero-order valence-corrected chi connectivity index (χ0v) is 9.68. The molecule has 0 radical (unpaired) electrons. The Morgan fingerprint density at radius 1 is 1.57 bits per heavy atom. The van der Waals surface area contributed by atoms with Crippen LogP contribution in [0.3, 0.4) is 0 Å². The Balaban J connectivity index is 2.50. The van der Waals surface area contributed by atoms with Crippen LogP contribution in [0.1, 0.15) is 25.1 Å².